The van der Waals surface area contributed by atoms with Gasteiger partial charge in [-0.05, 0) is 39.3 Å². The van der Waals surface area contributed by atoms with Crippen LogP contribution in [0, 0.1) is 0 Å². The molecule has 0 bridgehead atoms. The van der Waals surface area contributed by atoms with Crippen LogP contribution in [0.2, 0.25) is 0 Å². The summed E-state index contributed by atoms with van der Waals surface area (Å²) in [6.45, 7) is 8.01. The maximum atomic E-state index is 10.9. The molecule has 0 aromatic carbocycles. The van der Waals surface area contributed by atoms with Gasteiger partial charge in [0.2, 0.25) is 0 Å². The molecule has 6 nitrogen and oxygen atoms in total. The highest BCUT2D eigenvalue weighted by atomic mass is 16.7. The molecule has 2 rings (SSSR count). The molecule has 0 saturated carbocycles. The molecule has 1 aromatic heterocycles. The number of pyridine rings is 1. The van der Waals surface area contributed by atoms with Crippen molar-refractivity contribution in [2.75, 3.05) is 0 Å². The van der Waals surface area contributed by atoms with Crippen LogP contribution >= 0.6 is 0 Å². The monoisotopic (exact) mass is 278 g/mol. The van der Waals surface area contributed by atoms with E-state index in [-0.39, 0.29) is 12.2 Å². The van der Waals surface area contributed by atoms with Crippen LogP contribution in [-0.2, 0) is 15.9 Å². The fourth-order valence-corrected chi connectivity index (χ4v) is 1.98. The zero-order valence-corrected chi connectivity index (χ0v) is 12.1. The Morgan fingerprint density at radius 2 is 1.90 bits per heavy atom. The molecule has 108 valence electrons. The molecule has 0 atom stereocenters. The van der Waals surface area contributed by atoms with E-state index in [1.165, 1.54) is 12.3 Å². The van der Waals surface area contributed by atoms with Crippen LogP contribution in [0.4, 0.5) is 0 Å². The van der Waals surface area contributed by atoms with Crippen molar-refractivity contribution in [3.05, 3.63) is 23.5 Å². The average molecular weight is 278 g/mol. The summed E-state index contributed by atoms with van der Waals surface area (Å²) in [5.74, 6) is -1.08. The normalized spacial score (nSPS) is 20.1. The Labute approximate surface area is 118 Å². The third-order valence-electron chi connectivity index (χ3n) is 3.97. The second kappa shape index (κ2) is 4.84. The van der Waals surface area contributed by atoms with E-state index in [1.54, 1.807) is 0 Å². The Morgan fingerprint density at radius 3 is 2.35 bits per heavy atom. The molecular weight excluding hydrogens is 259 g/mol. The third-order valence-corrected chi connectivity index (χ3v) is 3.97. The number of nitrogens with zero attached hydrogens (tertiary/aromatic N) is 1. The number of carboxylic acids is 1. The molecule has 0 radical (unpaired) electrons. The van der Waals surface area contributed by atoms with Crippen molar-refractivity contribution in [2.24, 2.45) is 5.73 Å². The molecule has 3 N–H and O–H groups in total. The van der Waals surface area contributed by atoms with Crippen LogP contribution in [-0.4, -0.2) is 34.4 Å². The number of rotatable bonds is 3. The highest BCUT2D eigenvalue weighted by Gasteiger charge is 2.52. The highest BCUT2D eigenvalue weighted by Crippen LogP contribution is 2.36. The Bertz CT molecular complexity index is 529. The van der Waals surface area contributed by atoms with Crippen LogP contribution in [0.25, 0.3) is 0 Å². The Hall–Kier alpha value is -1.44. The van der Waals surface area contributed by atoms with Crippen LogP contribution < -0.4 is 11.2 Å². The zero-order valence-electron chi connectivity index (χ0n) is 12.1. The maximum Gasteiger partial charge on any atom is 0.496 e. The first kappa shape index (κ1) is 15.0. The lowest BCUT2D eigenvalue weighted by molar-refractivity contribution is 0.00578. The fourth-order valence-electron chi connectivity index (χ4n) is 1.98. The van der Waals surface area contributed by atoms with Gasteiger partial charge in [-0.2, -0.15) is 0 Å². The first-order valence-corrected chi connectivity index (χ1v) is 6.46. The quantitative estimate of drug-likeness (QED) is 0.783. The van der Waals surface area contributed by atoms with Gasteiger partial charge in [0.15, 0.2) is 0 Å². The minimum absolute atomic E-state index is 0.0364. The lowest BCUT2D eigenvalue weighted by Gasteiger charge is -2.32. The molecule has 0 aliphatic carbocycles. The predicted octanol–water partition coefficient (Wildman–Crippen LogP) is 0.538. The summed E-state index contributed by atoms with van der Waals surface area (Å²) in [5.41, 5.74) is 6.07. The lowest BCUT2D eigenvalue weighted by Crippen LogP contribution is -2.41. The smallest absolute Gasteiger partial charge is 0.477 e. The number of hydrogen-bond donors (Lipinski definition) is 2. The van der Waals surface area contributed by atoms with Gasteiger partial charge in [-0.3, -0.25) is 0 Å². The summed E-state index contributed by atoms with van der Waals surface area (Å²) < 4.78 is 11.9. The van der Waals surface area contributed by atoms with Crippen molar-refractivity contribution < 1.29 is 19.2 Å². The fraction of sp³-hybridized carbons (Fsp3) is 0.538. The Balaban J connectivity index is 2.37. The van der Waals surface area contributed by atoms with Gasteiger partial charge in [0.05, 0.1) is 11.2 Å². The molecule has 2 heterocycles. The van der Waals surface area contributed by atoms with E-state index in [2.05, 4.69) is 4.98 Å². The Kier molecular flexibility index (Phi) is 3.62. The van der Waals surface area contributed by atoms with Gasteiger partial charge >= 0.3 is 13.1 Å². The molecule has 1 aliphatic rings. The first-order valence-electron chi connectivity index (χ1n) is 6.46. The number of carboxylic acid groups (broad SMARTS) is 1. The van der Waals surface area contributed by atoms with Crippen LogP contribution in [0.15, 0.2) is 12.3 Å². The van der Waals surface area contributed by atoms with E-state index in [9.17, 15) is 4.79 Å². The molecule has 20 heavy (non-hydrogen) atoms. The maximum absolute atomic E-state index is 10.9. The van der Waals surface area contributed by atoms with Crippen LogP contribution in [0.3, 0.4) is 0 Å². The summed E-state index contributed by atoms with van der Waals surface area (Å²) in [4.78, 5) is 14.9. The molecule has 1 fully saturated rings. The molecule has 7 heteroatoms. The van der Waals surface area contributed by atoms with Crippen molar-refractivity contribution in [3.63, 3.8) is 0 Å². The van der Waals surface area contributed by atoms with Crippen LogP contribution in [0.1, 0.15) is 43.7 Å². The molecular formula is C13H19BN2O4. The molecule has 1 aromatic rings. The van der Waals surface area contributed by atoms with E-state index in [0.717, 1.165) is 0 Å². The van der Waals surface area contributed by atoms with Gasteiger partial charge in [0.1, 0.15) is 5.69 Å². The topological polar surface area (TPSA) is 94.7 Å². The van der Waals surface area contributed by atoms with Crippen molar-refractivity contribution in [2.45, 2.75) is 45.4 Å². The highest BCUT2D eigenvalue weighted by molar-refractivity contribution is 6.62. The third kappa shape index (κ3) is 2.44. The first-order chi connectivity index (χ1) is 9.18. The van der Waals surface area contributed by atoms with E-state index < -0.39 is 24.3 Å². The largest absolute Gasteiger partial charge is 0.496 e. The number of aromatic nitrogens is 1. The van der Waals surface area contributed by atoms with E-state index in [1.807, 2.05) is 27.7 Å². The van der Waals surface area contributed by atoms with E-state index in [0.29, 0.717) is 11.0 Å². The summed E-state index contributed by atoms with van der Waals surface area (Å²) in [7, 11) is -0.589. The number of nitrogens with two attached hydrogens (primary N) is 1. The van der Waals surface area contributed by atoms with Gasteiger partial charge in [-0.25, -0.2) is 9.78 Å². The number of aromatic carboxylic acids is 1. The molecule has 0 unspecified atom stereocenters. The van der Waals surface area contributed by atoms with E-state index in [4.69, 9.17) is 20.1 Å². The minimum Gasteiger partial charge on any atom is -0.477 e. The predicted molar refractivity (Wildman–Crippen MR) is 74.8 cm³/mol. The summed E-state index contributed by atoms with van der Waals surface area (Å²) in [5, 5.41) is 8.96. The van der Waals surface area contributed by atoms with Gasteiger partial charge in [-0.15, -0.1) is 0 Å². The number of carbonyl (C=O) groups is 1. The van der Waals surface area contributed by atoms with Gasteiger partial charge < -0.3 is 20.1 Å². The molecule has 1 aliphatic heterocycles. The summed E-state index contributed by atoms with van der Waals surface area (Å²) >= 11 is 0. The second-order valence-electron chi connectivity index (χ2n) is 5.87. The number of hydrogen-bond acceptors (Lipinski definition) is 5. The Morgan fingerprint density at radius 1 is 1.35 bits per heavy atom. The van der Waals surface area contributed by atoms with Gasteiger partial charge in [0.25, 0.3) is 0 Å². The van der Waals surface area contributed by atoms with Crippen LogP contribution in [0.5, 0.6) is 0 Å². The van der Waals surface area contributed by atoms with E-state index >= 15 is 0 Å². The van der Waals surface area contributed by atoms with Crippen molar-refractivity contribution in [1.82, 2.24) is 4.98 Å². The van der Waals surface area contributed by atoms with Gasteiger partial charge in [-0.1, -0.05) is 0 Å². The molecule has 0 amide bonds. The molecule has 0 spiro atoms. The standard InChI is InChI=1S/C13H19BN2O4/c1-12(2)13(3,4)20-14(19-12)9-7-16-10(11(17)18)5-8(9)6-15/h5,7H,6,15H2,1-4H3,(H,17,18). The zero-order chi connectivity index (χ0) is 15.1. The van der Waals surface area contributed by atoms with Gasteiger partial charge in [0, 0.05) is 18.2 Å². The average Bonchev–Trinajstić information content (AvgIpc) is 2.57. The van der Waals surface area contributed by atoms with Crippen molar-refractivity contribution in [3.8, 4) is 0 Å². The summed E-state index contributed by atoms with van der Waals surface area (Å²) in [6.07, 6.45) is 1.47. The SMILES string of the molecule is CC1(C)OB(c2cnc(C(=O)O)cc2CN)OC1(C)C. The summed E-state index contributed by atoms with van der Waals surface area (Å²) in [6, 6.07) is 1.46. The molecule has 1 saturated heterocycles. The minimum atomic E-state index is -1.08. The van der Waals surface area contributed by atoms with Crippen molar-refractivity contribution >= 4 is 18.6 Å². The lowest BCUT2D eigenvalue weighted by atomic mass is 9.77. The second-order valence-corrected chi connectivity index (χ2v) is 5.87. The van der Waals surface area contributed by atoms with Crippen molar-refractivity contribution in [1.29, 1.82) is 0 Å².